The van der Waals surface area contributed by atoms with Crippen LogP contribution in [0.25, 0.3) is 101 Å². The van der Waals surface area contributed by atoms with Gasteiger partial charge in [-0.3, -0.25) is 0 Å². The van der Waals surface area contributed by atoms with Gasteiger partial charge in [0.2, 0.25) is 0 Å². The number of aryl methyl sites for hydroxylation is 2. The van der Waals surface area contributed by atoms with Crippen LogP contribution in [0.2, 0.25) is 0 Å². The molecular weight excluding hydrogens is 959 g/mol. The van der Waals surface area contributed by atoms with E-state index >= 15 is 0 Å². The van der Waals surface area contributed by atoms with Crippen LogP contribution in [0.15, 0.2) is 250 Å². The van der Waals surface area contributed by atoms with Crippen molar-refractivity contribution < 1.29 is 0 Å². The molecule has 0 atom stereocenters. The fourth-order valence-electron chi connectivity index (χ4n) is 14.1. The molecule has 0 fully saturated rings. The third-order valence-corrected chi connectivity index (χ3v) is 21.7. The maximum Gasteiger partial charge on any atom is 0.0538 e. The Morgan fingerprint density at radius 2 is 0.962 bits per heavy atom. The highest BCUT2D eigenvalue weighted by atomic mass is 32.3. The van der Waals surface area contributed by atoms with E-state index in [2.05, 4.69) is 253 Å². The molecule has 2 heterocycles. The van der Waals surface area contributed by atoms with Crippen LogP contribution in [0.4, 0.5) is 0 Å². The lowest BCUT2D eigenvalue weighted by molar-refractivity contribution is 0.895. The van der Waals surface area contributed by atoms with Crippen molar-refractivity contribution in [3.8, 4) is 39.1 Å². The molecule has 0 bridgehead atoms. The Labute approximate surface area is 458 Å². The van der Waals surface area contributed by atoms with Gasteiger partial charge in [-0.05, 0) is 224 Å². The minimum atomic E-state index is -1.98. The van der Waals surface area contributed by atoms with Crippen LogP contribution in [0.1, 0.15) is 76.7 Å². The summed E-state index contributed by atoms with van der Waals surface area (Å²) < 4.78 is 2.65. The van der Waals surface area contributed by atoms with Gasteiger partial charge in [-0.1, -0.05) is 176 Å². The summed E-state index contributed by atoms with van der Waals surface area (Å²) in [4.78, 5) is 5.52. The van der Waals surface area contributed by atoms with Gasteiger partial charge in [0.05, 0.1) is 5.52 Å². The van der Waals surface area contributed by atoms with Crippen LogP contribution in [0.3, 0.4) is 0 Å². The van der Waals surface area contributed by atoms with E-state index in [4.69, 9.17) is 0 Å². The summed E-state index contributed by atoms with van der Waals surface area (Å²) in [5.41, 5.74) is 24.1. The largest absolute Gasteiger partial charge is 0.313 e. The highest BCUT2D eigenvalue weighted by Gasteiger charge is 2.43. The van der Waals surface area contributed by atoms with Crippen LogP contribution in [0, 0.1) is 0 Å². The van der Waals surface area contributed by atoms with Crippen molar-refractivity contribution in [3.05, 3.63) is 275 Å². The summed E-state index contributed by atoms with van der Waals surface area (Å²) in [7, 11) is -1.98. The van der Waals surface area contributed by atoms with E-state index in [0.29, 0.717) is 0 Å². The predicted octanol–water partition coefficient (Wildman–Crippen LogP) is 20.7. The molecule has 0 radical (unpaired) electrons. The van der Waals surface area contributed by atoms with Crippen LogP contribution >= 0.6 is 10.0 Å². The highest BCUT2D eigenvalue weighted by molar-refractivity contribution is 8.34. The van der Waals surface area contributed by atoms with Gasteiger partial charge >= 0.3 is 0 Å². The number of hydrogen-bond donors (Lipinski definition) is 0. The van der Waals surface area contributed by atoms with Crippen molar-refractivity contribution in [2.45, 2.75) is 70.9 Å². The molecule has 0 N–H and O–H groups in total. The molecule has 1 nitrogen and oxygen atoms in total. The molecule has 0 saturated heterocycles. The second-order valence-corrected chi connectivity index (χ2v) is 24.9. The molecule has 372 valence electrons. The Balaban J connectivity index is 0.920. The van der Waals surface area contributed by atoms with Gasteiger partial charge in [0.1, 0.15) is 0 Å². The number of fused-ring (bicyclic) bond motifs is 12. The van der Waals surface area contributed by atoms with E-state index in [1.54, 1.807) is 0 Å². The Morgan fingerprint density at radius 1 is 0.372 bits per heavy atom. The van der Waals surface area contributed by atoms with E-state index in [1.807, 2.05) is 0 Å². The van der Waals surface area contributed by atoms with Crippen LogP contribution in [-0.4, -0.2) is 4.57 Å². The Kier molecular flexibility index (Phi) is 10.6. The zero-order valence-corrected chi connectivity index (χ0v) is 44.5. The first-order chi connectivity index (χ1) is 38.7. The third-order valence-electron chi connectivity index (χ3n) is 17.7. The number of nitrogens with zero attached hydrogens (tertiary/aromatic N) is 1. The first-order valence-corrected chi connectivity index (χ1v) is 29.8. The van der Waals surface area contributed by atoms with E-state index in [1.165, 1.54) is 147 Å². The molecule has 0 spiro atoms. The zero-order chi connectivity index (χ0) is 51.3. The van der Waals surface area contributed by atoms with Gasteiger partial charge in [0, 0.05) is 41.9 Å². The summed E-state index contributed by atoms with van der Waals surface area (Å²) in [6.07, 6.45) is 27.5. The van der Waals surface area contributed by atoms with Crippen LogP contribution in [-0.2, 0) is 19.3 Å². The van der Waals surface area contributed by atoms with Crippen molar-refractivity contribution in [2.24, 2.45) is 0 Å². The van der Waals surface area contributed by atoms with Crippen LogP contribution < -0.4 is 0 Å². The van der Waals surface area contributed by atoms with Crippen molar-refractivity contribution in [1.29, 1.82) is 0 Å². The van der Waals surface area contributed by atoms with E-state index in [-0.39, 0.29) is 0 Å². The molecule has 2 heteroatoms. The van der Waals surface area contributed by atoms with Crippen molar-refractivity contribution in [3.63, 3.8) is 0 Å². The lowest BCUT2D eigenvalue weighted by Gasteiger charge is -2.39. The minimum Gasteiger partial charge on any atom is -0.313 e. The summed E-state index contributed by atoms with van der Waals surface area (Å²) >= 11 is 0. The molecule has 78 heavy (non-hydrogen) atoms. The van der Waals surface area contributed by atoms with Gasteiger partial charge in [0.25, 0.3) is 0 Å². The highest BCUT2D eigenvalue weighted by Crippen LogP contribution is 2.80. The van der Waals surface area contributed by atoms with Gasteiger partial charge in [0.15, 0.2) is 0 Å². The van der Waals surface area contributed by atoms with E-state index < -0.39 is 10.0 Å². The summed E-state index contributed by atoms with van der Waals surface area (Å²) in [6, 6.07) is 77.3. The molecule has 0 unspecified atom stereocenters. The molecule has 11 aromatic rings. The number of hydrogen-bond acceptors (Lipinski definition) is 0. The van der Waals surface area contributed by atoms with Crippen molar-refractivity contribution >= 4 is 71.9 Å². The molecule has 5 aliphatic rings. The molecule has 4 aliphatic carbocycles. The second-order valence-electron chi connectivity index (χ2n) is 21.9. The quantitative estimate of drug-likeness (QED) is 0.150. The minimum absolute atomic E-state index is 0.938. The maximum absolute atomic E-state index is 2.65. The zero-order valence-electron chi connectivity index (χ0n) is 43.7. The lowest BCUT2D eigenvalue weighted by atomic mass is 9.82. The monoisotopic (exact) mass is 1020 g/mol. The van der Waals surface area contributed by atoms with E-state index in [9.17, 15) is 0 Å². The molecule has 1 aromatic heterocycles. The van der Waals surface area contributed by atoms with Crippen molar-refractivity contribution in [1.82, 2.24) is 4.57 Å². The molecule has 10 aromatic carbocycles. The fraction of sp³-hybridized carbons (Fsp3) is 0.105. The second kappa shape index (κ2) is 18.2. The number of rotatable bonds is 7. The average molecular weight is 1020 g/mol. The van der Waals surface area contributed by atoms with Gasteiger partial charge in [-0.2, -0.15) is 0 Å². The van der Waals surface area contributed by atoms with Crippen LogP contribution in [0.5, 0.6) is 0 Å². The third kappa shape index (κ3) is 7.02. The predicted molar refractivity (Wildman–Crippen MR) is 332 cm³/mol. The van der Waals surface area contributed by atoms with Crippen molar-refractivity contribution in [2.75, 3.05) is 0 Å². The summed E-state index contributed by atoms with van der Waals surface area (Å²) in [6.45, 7) is 0. The smallest absolute Gasteiger partial charge is 0.0538 e. The van der Waals surface area contributed by atoms with Gasteiger partial charge in [-0.15, -0.1) is 10.0 Å². The normalized spacial score (nSPS) is 16.1. The summed E-state index contributed by atoms with van der Waals surface area (Å²) in [5.74, 6) is 0. The molecule has 16 rings (SSSR count). The number of benzene rings is 10. The van der Waals surface area contributed by atoms with E-state index in [0.717, 1.165) is 51.4 Å². The first-order valence-electron chi connectivity index (χ1n) is 28.2. The molecule has 0 saturated carbocycles. The maximum atomic E-state index is 2.65. The molecule has 1 aliphatic heterocycles. The molecule has 0 amide bonds. The standard InChI is InChI=1S/C76H57NS/c1-4-18-50(19-5-1)51-32-34-52(35-33-51)53-36-40-67-68-41-39-58(49-76(68)78(75(67)48-53,59-22-6-2-7-23-59)60-24-8-3-9-25-60)77-73-42-37-56(69-44-54-20-10-12-26-61(54)63-28-14-16-30-65(63)69)46-71(73)72-47-57(38-43-74(72)77)70-45-55-21-11-13-27-62(55)64-29-15-17-31-66(64)70/h2-4,6-13,16-27,30-37,39-42,44-49H,1,5,14-15,28-29,38,43H2. The first kappa shape index (κ1) is 45.5. The molecular formula is C76H57NS. The summed E-state index contributed by atoms with van der Waals surface area (Å²) in [5, 5.41) is 6.74. The fourth-order valence-corrected chi connectivity index (χ4v) is 18.4. The Bertz CT molecular complexity index is 4420. The Hall–Kier alpha value is -8.69. The SMILES string of the molecule is C1=CC(c2ccc(-c3ccc4c(c3)S(c3ccccc3)(c3ccccc3)c3cc(-n5c6c(c7cc(-c8cc9ccccc9c9c8C=CCC9)ccc75)C=C(c5cc7ccccc7c7c5C=CCC7)CC6)ccc3-4)cc2)=CCC1. The van der Waals surface area contributed by atoms with Gasteiger partial charge < -0.3 is 4.57 Å². The topological polar surface area (TPSA) is 4.93 Å². The number of allylic oxidation sites excluding steroid dienone is 7. The average Bonchev–Trinajstić information content (AvgIpc) is 4.24. The Morgan fingerprint density at radius 3 is 1.65 bits per heavy atom. The lowest BCUT2D eigenvalue weighted by Crippen LogP contribution is -2.08. The van der Waals surface area contributed by atoms with Gasteiger partial charge in [-0.25, -0.2) is 0 Å². The number of aromatic nitrogens is 1.